The minimum atomic E-state index is -4.93. The molecule has 0 radical (unpaired) electrons. The van der Waals surface area contributed by atoms with E-state index in [1.165, 1.54) is 31.2 Å². The van der Waals surface area contributed by atoms with E-state index >= 15 is 0 Å². The summed E-state index contributed by atoms with van der Waals surface area (Å²) in [4.78, 5) is 3.36. The van der Waals surface area contributed by atoms with Gasteiger partial charge in [-0.1, -0.05) is 18.2 Å². The van der Waals surface area contributed by atoms with Crippen LogP contribution in [0.5, 0.6) is 0 Å². The van der Waals surface area contributed by atoms with Gasteiger partial charge >= 0.3 is 6.18 Å². The molecule has 1 aromatic carbocycles. The van der Waals surface area contributed by atoms with Crippen LogP contribution in [0.3, 0.4) is 0 Å². The lowest BCUT2D eigenvalue weighted by Gasteiger charge is -2.39. The van der Waals surface area contributed by atoms with E-state index in [9.17, 15) is 28.5 Å². The van der Waals surface area contributed by atoms with Gasteiger partial charge in [0.2, 0.25) is 6.29 Å². The molecular weight excluding hydrogens is 319 g/mol. The van der Waals surface area contributed by atoms with Crippen LogP contribution in [0.15, 0.2) is 35.3 Å². The van der Waals surface area contributed by atoms with E-state index in [1.54, 1.807) is 6.07 Å². The predicted molar refractivity (Wildman–Crippen MR) is 73.0 cm³/mol. The largest absolute Gasteiger partial charge is 0.468 e. The van der Waals surface area contributed by atoms with Crippen LogP contribution in [0.1, 0.15) is 6.92 Å². The van der Waals surface area contributed by atoms with Crippen molar-refractivity contribution in [1.82, 2.24) is 0 Å². The first-order valence-corrected chi connectivity index (χ1v) is 6.77. The first-order valence-electron chi connectivity index (χ1n) is 6.77. The fraction of sp³-hybridized carbons (Fsp3) is 0.500. The molecule has 0 aromatic heterocycles. The first-order chi connectivity index (χ1) is 10.7. The minimum Gasteiger partial charge on any atom is -0.441 e. The maximum atomic E-state index is 13.1. The van der Waals surface area contributed by atoms with Crippen LogP contribution in [0, 0.1) is 0 Å². The Morgan fingerprint density at radius 3 is 2.26 bits per heavy atom. The third kappa shape index (κ3) is 4.20. The Morgan fingerprint density at radius 2 is 1.70 bits per heavy atom. The van der Waals surface area contributed by atoms with Gasteiger partial charge in [-0.05, 0) is 19.1 Å². The van der Waals surface area contributed by atoms with Crippen LogP contribution in [-0.4, -0.2) is 58.1 Å². The summed E-state index contributed by atoms with van der Waals surface area (Å²) < 4.78 is 48.8. The van der Waals surface area contributed by atoms with Gasteiger partial charge in [0.1, 0.15) is 18.3 Å². The number of aliphatic hydroxyl groups is 3. The summed E-state index contributed by atoms with van der Waals surface area (Å²) in [7, 11) is 0. The lowest BCUT2D eigenvalue weighted by molar-refractivity contribution is -0.277. The Morgan fingerprint density at radius 1 is 1.09 bits per heavy atom. The van der Waals surface area contributed by atoms with Gasteiger partial charge in [0.25, 0.3) is 5.90 Å². The molecule has 0 saturated carbocycles. The van der Waals surface area contributed by atoms with Gasteiger partial charge in [-0.3, -0.25) is 0 Å². The van der Waals surface area contributed by atoms with Crippen LogP contribution in [0.25, 0.3) is 0 Å². The standard InChI is InChI=1S/C14H16F3NO5/c1-7-9(19)10(20)11(21)12(22-7)23-13(14(15,16)17)18-8-5-3-2-4-6-8/h2-7,9-12,19-21H,1H3/t7-,9-,10+,11+,12?/m0/s1. The molecule has 0 aliphatic carbocycles. The summed E-state index contributed by atoms with van der Waals surface area (Å²) in [6, 6.07) is 7.30. The summed E-state index contributed by atoms with van der Waals surface area (Å²) in [6.07, 6.45) is -12.8. The Hall–Kier alpha value is -1.68. The van der Waals surface area contributed by atoms with Crippen LogP contribution in [0.2, 0.25) is 0 Å². The minimum absolute atomic E-state index is 0.00115. The lowest BCUT2D eigenvalue weighted by atomic mass is 10.0. The predicted octanol–water partition coefficient (Wildman–Crippen LogP) is 1.12. The number of hydrogen-bond acceptors (Lipinski definition) is 6. The molecule has 0 spiro atoms. The van der Waals surface area contributed by atoms with Gasteiger partial charge in [-0.25, -0.2) is 4.99 Å². The van der Waals surface area contributed by atoms with Crippen molar-refractivity contribution in [1.29, 1.82) is 0 Å². The molecule has 3 N–H and O–H groups in total. The number of para-hydroxylation sites is 1. The van der Waals surface area contributed by atoms with Gasteiger partial charge in [0.15, 0.2) is 0 Å². The molecule has 0 bridgehead atoms. The lowest BCUT2D eigenvalue weighted by Crippen LogP contribution is -2.58. The molecule has 128 valence electrons. The van der Waals surface area contributed by atoms with E-state index in [-0.39, 0.29) is 5.69 Å². The van der Waals surface area contributed by atoms with Crippen LogP contribution in [-0.2, 0) is 9.47 Å². The summed E-state index contributed by atoms with van der Waals surface area (Å²) >= 11 is 0. The average molecular weight is 335 g/mol. The highest BCUT2D eigenvalue weighted by atomic mass is 19.4. The molecule has 1 saturated heterocycles. The van der Waals surface area contributed by atoms with Crippen molar-refractivity contribution < 1.29 is 38.0 Å². The van der Waals surface area contributed by atoms with Crippen molar-refractivity contribution >= 4 is 11.6 Å². The summed E-state index contributed by atoms with van der Waals surface area (Å²) in [5.41, 5.74) is -0.00115. The van der Waals surface area contributed by atoms with E-state index in [2.05, 4.69) is 9.73 Å². The van der Waals surface area contributed by atoms with E-state index in [1.807, 2.05) is 0 Å². The van der Waals surface area contributed by atoms with E-state index in [0.717, 1.165) is 0 Å². The van der Waals surface area contributed by atoms with Crippen LogP contribution in [0.4, 0.5) is 18.9 Å². The molecule has 1 aromatic rings. The zero-order valence-electron chi connectivity index (χ0n) is 12.0. The molecule has 1 fully saturated rings. The molecule has 1 heterocycles. The average Bonchev–Trinajstić information content (AvgIpc) is 2.49. The Bertz CT molecular complexity index is 551. The summed E-state index contributed by atoms with van der Waals surface area (Å²) in [5.74, 6) is -1.62. The molecule has 5 atom stereocenters. The Labute approximate surface area is 129 Å². The maximum Gasteiger partial charge on any atom is 0.468 e. The summed E-state index contributed by atoms with van der Waals surface area (Å²) in [6.45, 7) is 1.33. The number of rotatable bonds is 2. The molecule has 6 nitrogen and oxygen atoms in total. The highest BCUT2D eigenvalue weighted by molar-refractivity contribution is 5.84. The second-order valence-electron chi connectivity index (χ2n) is 5.05. The number of alkyl halides is 3. The number of aliphatic imine (C=N–C) groups is 1. The highest BCUT2D eigenvalue weighted by Crippen LogP contribution is 2.27. The van der Waals surface area contributed by atoms with E-state index < -0.39 is 42.8 Å². The zero-order chi connectivity index (χ0) is 17.2. The van der Waals surface area contributed by atoms with Crippen molar-refractivity contribution in [2.75, 3.05) is 0 Å². The first kappa shape index (κ1) is 17.7. The number of halogens is 3. The smallest absolute Gasteiger partial charge is 0.441 e. The van der Waals surface area contributed by atoms with Crippen molar-refractivity contribution in [3.8, 4) is 0 Å². The van der Waals surface area contributed by atoms with Gasteiger partial charge in [0.05, 0.1) is 11.8 Å². The number of aliphatic hydroxyl groups excluding tert-OH is 3. The quantitative estimate of drug-likeness (QED) is 0.557. The van der Waals surface area contributed by atoms with Gasteiger partial charge in [-0.2, -0.15) is 13.2 Å². The molecule has 9 heteroatoms. The van der Waals surface area contributed by atoms with Crippen molar-refractivity contribution in [3.63, 3.8) is 0 Å². The fourth-order valence-electron chi connectivity index (χ4n) is 2.00. The normalized spacial score (nSPS) is 32.7. The van der Waals surface area contributed by atoms with E-state index in [0.29, 0.717) is 0 Å². The van der Waals surface area contributed by atoms with Crippen LogP contribution >= 0.6 is 0 Å². The highest BCUT2D eigenvalue weighted by Gasteiger charge is 2.47. The van der Waals surface area contributed by atoms with Crippen LogP contribution < -0.4 is 0 Å². The SMILES string of the molecule is C[C@@H]1OC(OC(=Nc2ccccc2)C(F)(F)F)[C@H](O)[C@H](O)[C@H]1O. The number of benzene rings is 1. The third-order valence-corrected chi connectivity index (χ3v) is 3.27. The second-order valence-corrected chi connectivity index (χ2v) is 5.05. The Balaban J connectivity index is 2.23. The molecule has 1 aliphatic rings. The van der Waals surface area contributed by atoms with Gasteiger partial charge in [-0.15, -0.1) is 0 Å². The second kappa shape index (κ2) is 6.83. The third-order valence-electron chi connectivity index (χ3n) is 3.27. The van der Waals surface area contributed by atoms with Crippen molar-refractivity contribution in [2.24, 2.45) is 4.99 Å². The number of nitrogens with zero attached hydrogens (tertiary/aromatic N) is 1. The van der Waals surface area contributed by atoms with E-state index in [4.69, 9.17) is 4.74 Å². The molecular formula is C14H16F3NO5. The summed E-state index contributed by atoms with van der Waals surface area (Å²) in [5, 5.41) is 28.9. The molecule has 2 rings (SSSR count). The molecule has 1 unspecified atom stereocenters. The van der Waals surface area contributed by atoms with Gasteiger partial charge < -0.3 is 24.8 Å². The topological polar surface area (TPSA) is 91.5 Å². The maximum absolute atomic E-state index is 13.1. The molecule has 1 aliphatic heterocycles. The van der Waals surface area contributed by atoms with Crippen molar-refractivity contribution in [3.05, 3.63) is 30.3 Å². The number of ether oxygens (including phenoxy) is 2. The monoisotopic (exact) mass is 335 g/mol. The van der Waals surface area contributed by atoms with Gasteiger partial charge in [0, 0.05) is 0 Å². The zero-order valence-corrected chi connectivity index (χ0v) is 12.0. The fourth-order valence-corrected chi connectivity index (χ4v) is 2.00. The van der Waals surface area contributed by atoms with Crippen molar-refractivity contribution in [2.45, 2.75) is 43.8 Å². The Kier molecular flexibility index (Phi) is 5.25. The molecule has 23 heavy (non-hydrogen) atoms. The number of hydrogen-bond donors (Lipinski definition) is 3. The molecule has 0 amide bonds.